The number of rotatable bonds is 5. The van der Waals surface area contributed by atoms with E-state index < -0.39 is 0 Å². The zero-order valence-electron chi connectivity index (χ0n) is 33.1. The highest BCUT2D eigenvalue weighted by atomic mass is 15.2. The Morgan fingerprint density at radius 2 is 1.55 bits per heavy atom. The summed E-state index contributed by atoms with van der Waals surface area (Å²) < 4.78 is 0. The van der Waals surface area contributed by atoms with Gasteiger partial charge < -0.3 is 15.1 Å². The van der Waals surface area contributed by atoms with Crippen LogP contribution in [0.3, 0.4) is 0 Å². The van der Waals surface area contributed by atoms with Gasteiger partial charge in [0, 0.05) is 58.8 Å². The van der Waals surface area contributed by atoms with E-state index in [0.29, 0.717) is 41.8 Å². The molecule has 3 aliphatic heterocycles. The van der Waals surface area contributed by atoms with Crippen molar-refractivity contribution in [1.82, 2.24) is 10.2 Å². The zero-order valence-corrected chi connectivity index (χ0v) is 33.1. The van der Waals surface area contributed by atoms with Crippen molar-refractivity contribution >= 4 is 29.5 Å². The van der Waals surface area contributed by atoms with Crippen LogP contribution in [0, 0.1) is 29.6 Å². The van der Waals surface area contributed by atoms with Crippen molar-refractivity contribution in [1.29, 1.82) is 0 Å². The standard InChI is InChI=1S/C53H51N5/c1-3-15-35(16-4-1)51-54-52(36-17-5-2-6-18-36)56-53(55-51)37-26-29-39(30-27-37)57-46-23-11-10-22-42(46)45-33-44-38(32-49(45)57)19-13-25-48(44)58-47-24-12-9-21-41(47)43-31-28-34-14-7-8-20-40(34)50(43)58/h1-10,13-17,19-22,25-26,28-29,31-32,36,41-43,45-47,50-51H,11-12,18,23-24,27,30,33H2,(H,54,55,56). The summed E-state index contributed by atoms with van der Waals surface area (Å²) >= 11 is 0. The van der Waals surface area contributed by atoms with Gasteiger partial charge in [-0.2, -0.15) is 0 Å². The van der Waals surface area contributed by atoms with Crippen LogP contribution in [0.25, 0.3) is 12.2 Å². The fraction of sp³-hybridized carbons (Fsp3) is 0.321. The Morgan fingerprint density at radius 3 is 2.41 bits per heavy atom. The largest absolute Gasteiger partial charge is 0.360 e. The topological polar surface area (TPSA) is 43.2 Å². The van der Waals surface area contributed by atoms with Crippen LogP contribution in [-0.2, 0) is 6.42 Å². The highest BCUT2D eigenvalue weighted by Gasteiger charge is 2.51. The zero-order chi connectivity index (χ0) is 38.2. The van der Waals surface area contributed by atoms with Crippen molar-refractivity contribution in [3.63, 3.8) is 0 Å². The van der Waals surface area contributed by atoms with Gasteiger partial charge in [-0.05, 0) is 103 Å². The number of amidine groups is 2. The summed E-state index contributed by atoms with van der Waals surface area (Å²) in [6.07, 6.45) is 39.7. The molecule has 2 saturated heterocycles. The van der Waals surface area contributed by atoms with E-state index in [0.717, 1.165) is 43.8 Å². The molecule has 9 unspecified atom stereocenters. The number of allylic oxidation sites excluding steroid dienone is 9. The lowest BCUT2D eigenvalue weighted by atomic mass is 9.77. The third-order valence-corrected chi connectivity index (χ3v) is 14.7. The molecular formula is C53H51N5. The fourth-order valence-electron chi connectivity index (χ4n) is 12.1. The summed E-state index contributed by atoms with van der Waals surface area (Å²) in [6, 6.07) is 28.4. The van der Waals surface area contributed by atoms with Gasteiger partial charge in [0.2, 0.25) is 0 Å². The summed E-state index contributed by atoms with van der Waals surface area (Å²) in [7, 11) is 0. The molecule has 0 amide bonds. The van der Waals surface area contributed by atoms with Crippen LogP contribution < -0.4 is 10.2 Å². The van der Waals surface area contributed by atoms with Gasteiger partial charge in [-0.15, -0.1) is 0 Å². The first-order valence-corrected chi connectivity index (χ1v) is 22.0. The average Bonchev–Trinajstić information content (AvgIpc) is 3.81. The van der Waals surface area contributed by atoms with Crippen molar-refractivity contribution in [3.8, 4) is 0 Å². The first-order valence-electron chi connectivity index (χ1n) is 22.0. The molecular weight excluding hydrogens is 707 g/mol. The third-order valence-electron chi connectivity index (χ3n) is 14.7. The first-order chi connectivity index (χ1) is 28.8. The maximum absolute atomic E-state index is 5.21. The molecule has 0 radical (unpaired) electrons. The lowest BCUT2D eigenvalue weighted by Gasteiger charge is -2.39. The van der Waals surface area contributed by atoms with Gasteiger partial charge in [-0.3, -0.25) is 0 Å². The van der Waals surface area contributed by atoms with Crippen LogP contribution in [0.4, 0.5) is 5.69 Å². The lowest BCUT2D eigenvalue weighted by Crippen LogP contribution is -2.36. The minimum Gasteiger partial charge on any atom is -0.360 e. The van der Waals surface area contributed by atoms with E-state index in [-0.39, 0.29) is 12.1 Å². The van der Waals surface area contributed by atoms with Gasteiger partial charge in [0.25, 0.3) is 0 Å². The van der Waals surface area contributed by atoms with Gasteiger partial charge in [0.15, 0.2) is 0 Å². The number of fused-ring (bicyclic) bond motifs is 9. The van der Waals surface area contributed by atoms with Crippen molar-refractivity contribution in [2.45, 2.75) is 75.7 Å². The van der Waals surface area contributed by atoms with E-state index in [2.05, 4.69) is 167 Å². The summed E-state index contributed by atoms with van der Waals surface area (Å²) in [5.74, 6) is 4.16. The number of anilines is 1. The van der Waals surface area contributed by atoms with E-state index in [1.54, 1.807) is 5.56 Å². The van der Waals surface area contributed by atoms with Gasteiger partial charge >= 0.3 is 0 Å². The van der Waals surface area contributed by atoms with Gasteiger partial charge in [-0.1, -0.05) is 134 Å². The first kappa shape index (κ1) is 34.4. The van der Waals surface area contributed by atoms with Crippen LogP contribution in [0.1, 0.15) is 85.0 Å². The number of benzene rings is 3. The molecule has 3 aromatic rings. The summed E-state index contributed by atoms with van der Waals surface area (Å²) in [5, 5.41) is 3.74. The molecule has 1 N–H and O–H groups in total. The molecule has 5 nitrogen and oxygen atoms in total. The maximum Gasteiger partial charge on any atom is 0.147 e. The second kappa shape index (κ2) is 14.0. The smallest absolute Gasteiger partial charge is 0.147 e. The number of hydrogen-bond donors (Lipinski definition) is 1. The SMILES string of the molecule is C1=CCC(C2=NC(c3ccccc3)NC(C3=CC=C(N4C5=Cc6cccc(N7C8CCC=CC8C8C=Cc9ccccc9C87)c6CC5C5C=CCCC54)CC3)=N2)C=C1. The van der Waals surface area contributed by atoms with Crippen molar-refractivity contribution < 1.29 is 0 Å². The molecule has 0 saturated carbocycles. The normalized spacial score (nSPS) is 32.3. The van der Waals surface area contributed by atoms with E-state index >= 15 is 0 Å². The lowest BCUT2D eigenvalue weighted by molar-refractivity contribution is 0.291. The average molecular weight is 758 g/mol. The number of hydrogen-bond acceptors (Lipinski definition) is 5. The molecule has 288 valence electrons. The predicted octanol–water partition coefficient (Wildman–Crippen LogP) is 11.2. The van der Waals surface area contributed by atoms with E-state index in [4.69, 9.17) is 9.98 Å². The molecule has 9 aliphatic rings. The summed E-state index contributed by atoms with van der Waals surface area (Å²) in [5.41, 5.74) is 12.8. The second-order valence-electron chi connectivity index (χ2n) is 17.7. The molecule has 0 aromatic heterocycles. The molecule has 3 heterocycles. The highest BCUT2D eigenvalue weighted by molar-refractivity contribution is 6.08. The quantitative estimate of drug-likeness (QED) is 0.264. The van der Waals surface area contributed by atoms with Crippen LogP contribution >= 0.6 is 0 Å². The molecule has 3 aromatic carbocycles. The van der Waals surface area contributed by atoms with Crippen LogP contribution in [0.15, 0.2) is 167 Å². The Morgan fingerprint density at radius 1 is 0.707 bits per heavy atom. The Hall–Kier alpha value is -5.68. The summed E-state index contributed by atoms with van der Waals surface area (Å²) in [4.78, 5) is 16.1. The Kier molecular flexibility index (Phi) is 8.30. The van der Waals surface area contributed by atoms with E-state index in [1.807, 2.05) is 0 Å². The van der Waals surface area contributed by atoms with Crippen LogP contribution in [-0.4, -0.2) is 28.7 Å². The maximum atomic E-state index is 5.21. The van der Waals surface area contributed by atoms with Crippen LogP contribution in [0.2, 0.25) is 0 Å². The molecule has 58 heavy (non-hydrogen) atoms. The van der Waals surface area contributed by atoms with Crippen molar-refractivity contribution in [2.24, 2.45) is 39.6 Å². The van der Waals surface area contributed by atoms with Crippen molar-refractivity contribution in [3.05, 3.63) is 184 Å². The molecule has 5 heteroatoms. The summed E-state index contributed by atoms with van der Waals surface area (Å²) in [6.45, 7) is 0. The Balaban J connectivity index is 0.897. The van der Waals surface area contributed by atoms with Gasteiger partial charge in [0.05, 0.1) is 6.04 Å². The molecule has 0 spiro atoms. The Labute approximate surface area is 343 Å². The number of nitrogens with zero attached hydrogens (tertiary/aromatic N) is 4. The monoisotopic (exact) mass is 757 g/mol. The van der Waals surface area contributed by atoms with E-state index in [1.165, 1.54) is 64.2 Å². The molecule has 6 aliphatic carbocycles. The second-order valence-corrected chi connectivity index (χ2v) is 17.7. The number of aliphatic imine (C=N–C) groups is 2. The molecule has 12 rings (SSSR count). The van der Waals surface area contributed by atoms with Crippen LogP contribution in [0.5, 0.6) is 0 Å². The minimum absolute atomic E-state index is 0.142. The Bertz CT molecular complexity index is 2470. The molecule has 0 bridgehead atoms. The highest BCUT2D eigenvalue weighted by Crippen LogP contribution is 2.57. The number of nitrogens with one attached hydrogen (secondary N) is 1. The predicted molar refractivity (Wildman–Crippen MR) is 238 cm³/mol. The number of likely N-dealkylation sites (tertiary alicyclic amines) is 1. The molecule has 9 atom stereocenters. The van der Waals surface area contributed by atoms with Crippen molar-refractivity contribution in [2.75, 3.05) is 4.90 Å². The minimum atomic E-state index is -0.142. The molecule has 2 fully saturated rings. The third kappa shape index (κ3) is 5.56. The van der Waals surface area contributed by atoms with Gasteiger partial charge in [-0.25, -0.2) is 9.98 Å². The fourth-order valence-corrected chi connectivity index (χ4v) is 12.1. The van der Waals surface area contributed by atoms with Gasteiger partial charge in [0.1, 0.15) is 17.8 Å². The van der Waals surface area contributed by atoms with E-state index in [9.17, 15) is 0 Å².